The number of anilines is 1. The number of hydrogen-bond acceptors (Lipinski definition) is 4. The maximum Gasteiger partial charge on any atom is 0.244 e. The van der Waals surface area contributed by atoms with Crippen LogP contribution >= 0.6 is 11.6 Å². The molecule has 31 heavy (non-hydrogen) atoms. The first-order valence-electron chi connectivity index (χ1n) is 9.25. The Labute approximate surface area is 185 Å². The normalized spacial score (nSPS) is 12.2. The molecule has 0 aromatic heterocycles. The highest BCUT2D eigenvalue weighted by molar-refractivity contribution is 7.89. The molecule has 0 fully saturated rings. The van der Waals surface area contributed by atoms with Crippen LogP contribution in [-0.2, 0) is 21.2 Å². The third kappa shape index (κ3) is 5.81. The van der Waals surface area contributed by atoms with Crippen LogP contribution in [0, 0.1) is 5.82 Å². The van der Waals surface area contributed by atoms with Crippen molar-refractivity contribution in [2.75, 3.05) is 12.4 Å². The SMILES string of the molecule is COc1ccc(Cl)cc1NC(=O)C(Cc1ccccc1)NS(=O)(=O)c1ccccc1F. The van der Waals surface area contributed by atoms with Gasteiger partial charge in [0, 0.05) is 5.02 Å². The number of halogens is 2. The summed E-state index contributed by atoms with van der Waals surface area (Å²) in [6, 6.07) is 17.3. The van der Waals surface area contributed by atoms with E-state index in [4.69, 9.17) is 16.3 Å². The van der Waals surface area contributed by atoms with Crippen molar-refractivity contribution in [2.24, 2.45) is 0 Å². The van der Waals surface area contributed by atoms with Crippen molar-refractivity contribution >= 4 is 33.2 Å². The van der Waals surface area contributed by atoms with Crippen LogP contribution < -0.4 is 14.8 Å². The van der Waals surface area contributed by atoms with Crippen molar-refractivity contribution < 1.29 is 22.3 Å². The maximum absolute atomic E-state index is 14.1. The minimum Gasteiger partial charge on any atom is -0.495 e. The smallest absolute Gasteiger partial charge is 0.244 e. The first kappa shape index (κ1) is 22.7. The van der Waals surface area contributed by atoms with Crippen LogP contribution in [0.15, 0.2) is 77.7 Å². The van der Waals surface area contributed by atoms with Gasteiger partial charge in [-0.25, -0.2) is 12.8 Å². The molecule has 0 aliphatic heterocycles. The molecule has 0 aliphatic rings. The molecule has 1 atom stereocenters. The molecule has 1 unspecified atom stereocenters. The molecule has 162 valence electrons. The van der Waals surface area contributed by atoms with E-state index in [1.54, 1.807) is 42.5 Å². The zero-order chi connectivity index (χ0) is 22.4. The lowest BCUT2D eigenvalue weighted by atomic mass is 10.1. The number of amides is 1. The highest BCUT2D eigenvalue weighted by Gasteiger charge is 2.28. The van der Waals surface area contributed by atoms with E-state index in [9.17, 15) is 17.6 Å². The molecule has 3 rings (SSSR count). The summed E-state index contributed by atoms with van der Waals surface area (Å²) >= 11 is 6.01. The second-order valence-corrected chi connectivity index (χ2v) is 8.75. The number of sulfonamides is 1. The first-order chi connectivity index (χ1) is 14.8. The average molecular weight is 463 g/mol. The van der Waals surface area contributed by atoms with Crippen molar-refractivity contribution in [1.29, 1.82) is 0 Å². The zero-order valence-corrected chi connectivity index (χ0v) is 18.1. The van der Waals surface area contributed by atoms with Gasteiger partial charge in [-0.3, -0.25) is 4.79 Å². The Morgan fingerprint density at radius 2 is 1.74 bits per heavy atom. The molecule has 1 amide bonds. The molecular weight excluding hydrogens is 443 g/mol. The van der Waals surface area contributed by atoms with E-state index >= 15 is 0 Å². The van der Waals surface area contributed by atoms with E-state index in [-0.39, 0.29) is 12.1 Å². The predicted molar refractivity (Wildman–Crippen MR) is 117 cm³/mol. The number of rotatable bonds is 8. The van der Waals surface area contributed by atoms with Gasteiger partial charge in [0.25, 0.3) is 0 Å². The monoisotopic (exact) mass is 462 g/mol. The van der Waals surface area contributed by atoms with Crippen LogP contribution in [0.5, 0.6) is 5.75 Å². The topological polar surface area (TPSA) is 84.5 Å². The number of hydrogen-bond donors (Lipinski definition) is 2. The second-order valence-electron chi connectivity index (χ2n) is 6.63. The van der Waals surface area contributed by atoms with Crippen molar-refractivity contribution in [2.45, 2.75) is 17.4 Å². The van der Waals surface area contributed by atoms with E-state index in [2.05, 4.69) is 10.0 Å². The van der Waals surface area contributed by atoms with Gasteiger partial charge in [0.2, 0.25) is 15.9 Å². The number of carbonyl (C=O) groups is 1. The molecule has 0 bridgehead atoms. The van der Waals surface area contributed by atoms with Gasteiger partial charge >= 0.3 is 0 Å². The van der Waals surface area contributed by atoms with E-state index in [0.29, 0.717) is 10.8 Å². The Kier molecular flexibility index (Phi) is 7.27. The third-order valence-electron chi connectivity index (χ3n) is 4.44. The Bertz CT molecular complexity index is 1170. The molecule has 0 aliphatic carbocycles. The summed E-state index contributed by atoms with van der Waals surface area (Å²) in [5, 5.41) is 3.01. The van der Waals surface area contributed by atoms with Gasteiger partial charge in [-0.05, 0) is 42.3 Å². The number of ether oxygens (including phenoxy) is 1. The highest BCUT2D eigenvalue weighted by Crippen LogP contribution is 2.28. The second kappa shape index (κ2) is 9.91. The van der Waals surface area contributed by atoms with Crippen LogP contribution in [0.3, 0.4) is 0 Å². The lowest BCUT2D eigenvalue weighted by molar-refractivity contribution is -0.117. The average Bonchev–Trinajstić information content (AvgIpc) is 2.74. The first-order valence-corrected chi connectivity index (χ1v) is 11.1. The molecular formula is C22H20ClFN2O4S. The van der Waals surface area contributed by atoms with Gasteiger partial charge in [-0.15, -0.1) is 0 Å². The fourth-order valence-corrected chi connectivity index (χ4v) is 4.40. The van der Waals surface area contributed by atoms with Gasteiger partial charge in [0.05, 0.1) is 12.8 Å². The van der Waals surface area contributed by atoms with Crippen molar-refractivity contribution in [3.63, 3.8) is 0 Å². The number of methoxy groups -OCH3 is 1. The molecule has 0 saturated heterocycles. The molecule has 9 heteroatoms. The molecule has 0 spiro atoms. The molecule has 3 aromatic carbocycles. The lowest BCUT2D eigenvalue weighted by Gasteiger charge is -2.20. The van der Waals surface area contributed by atoms with Crippen LogP contribution in [-0.4, -0.2) is 27.5 Å². The summed E-state index contributed by atoms with van der Waals surface area (Å²) in [6.45, 7) is 0. The number of nitrogens with one attached hydrogen (secondary N) is 2. The van der Waals surface area contributed by atoms with Crippen LogP contribution in [0.25, 0.3) is 0 Å². The van der Waals surface area contributed by atoms with E-state index in [0.717, 1.165) is 17.7 Å². The summed E-state index contributed by atoms with van der Waals surface area (Å²) in [7, 11) is -2.88. The highest BCUT2D eigenvalue weighted by atomic mass is 35.5. The van der Waals surface area contributed by atoms with Gasteiger partial charge in [0.15, 0.2) is 0 Å². The summed E-state index contributed by atoms with van der Waals surface area (Å²) in [5.41, 5.74) is 1.00. The Balaban J connectivity index is 1.92. The summed E-state index contributed by atoms with van der Waals surface area (Å²) in [5.74, 6) is -1.21. The van der Waals surface area contributed by atoms with Gasteiger partial charge in [0.1, 0.15) is 22.5 Å². The Morgan fingerprint density at radius 1 is 1.06 bits per heavy atom. The summed E-state index contributed by atoms with van der Waals surface area (Å²) in [6.07, 6.45) is 0.0449. The Morgan fingerprint density at radius 3 is 2.42 bits per heavy atom. The van der Waals surface area contributed by atoms with Crippen LogP contribution in [0.2, 0.25) is 5.02 Å². The fourth-order valence-electron chi connectivity index (χ4n) is 2.95. The standard InChI is InChI=1S/C22H20ClFN2O4S/c1-30-20-12-11-16(23)14-18(20)25-22(27)19(13-15-7-3-2-4-8-15)26-31(28,29)21-10-6-5-9-17(21)24/h2-12,14,19,26H,13H2,1H3,(H,25,27). The fraction of sp³-hybridized carbons (Fsp3) is 0.136. The van der Waals surface area contributed by atoms with Gasteiger partial charge < -0.3 is 10.1 Å². The maximum atomic E-state index is 14.1. The predicted octanol–water partition coefficient (Wildman–Crippen LogP) is 4.02. The largest absolute Gasteiger partial charge is 0.495 e. The quantitative estimate of drug-likeness (QED) is 0.529. The molecule has 6 nitrogen and oxygen atoms in total. The van der Waals surface area contributed by atoms with Crippen LogP contribution in [0.1, 0.15) is 5.56 Å². The molecule has 0 radical (unpaired) electrons. The van der Waals surface area contributed by atoms with Gasteiger partial charge in [-0.1, -0.05) is 54.1 Å². The molecule has 0 heterocycles. The van der Waals surface area contributed by atoms with Crippen LogP contribution in [0.4, 0.5) is 10.1 Å². The Hall–Kier alpha value is -2.94. The molecule has 2 N–H and O–H groups in total. The van der Waals surface area contributed by atoms with E-state index in [1.807, 2.05) is 0 Å². The van der Waals surface area contributed by atoms with Crippen molar-refractivity contribution in [1.82, 2.24) is 4.72 Å². The third-order valence-corrected chi connectivity index (χ3v) is 6.18. The minimum absolute atomic E-state index is 0.0449. The molecule has 0 saturated carbocycles. The molecule has 3 aromatic rings. The van der Waals surface area contributed by atoms with Crippen molar-refractivity contribution in [3.8, 4) is 5.75 Å². The minimum atomic E-state index is -4.31. The number of carbonyl (C=O) groups excluding carboxylic acids is 1. The van der Waals surface area contributed by atoms with Gasteiger partial charge in [-0.2, -0.15) is 4.72 Å². The summed E-state index contributed by atoms with van der Waals surface area (Å²) in [4.78, 5) is 12.5. The van der Waals surface area contributed by atoms with Crippen molar-refractivity contribution in [3.05, 3.63) is 89.2 Å². The number of benzene rings is 3. The zero-order valence-electron chi connectivity index (χ0n) is 16.5. The van der Waals surface area contributed by atoms with E-state index in [1.165, 1.54) is 25.3 Å². The lowest BCUT2D eigenvalue weighted by Crippen LogP contribution is -2.45. The summed E-state index contributed by atoms with van der Waals surface area (Å²) < 4.78 is 47.3. The van der Waals surface area contributed by atoms with E-state index < -0.39 is 32.7 Å².